The Morgan fingerprint density at radius 2 is 2.07 bits per heavy atom. The first-order chi connectivity index (χ1) is 6.43. The molecule has 0 aliphatic carbocycles. The minimum Gasteiger partial charge on any atom is -0.355 e. The first-order valence-corrected chi connectivity index (χ1v) is 6.21. The van der Waals surface area contributed by atoms with Crippen LogP contribution in [-0.2, 0) is 4.79 Å². The van der Waals surface area contributed by atoms with Gasteiger partial charge in [-0.1, -0.05) is 0 Å². The molecule has 0 saturated heterocycles. The molecule has 2 N–H and O–H groups in total. The number of amides is 1. The fourth-order valence-corrected chi connectivity index (χ4v) is 1.12. The number of carbonyl (C=O) groups is 1. The van der Waals surface area contributed by atoms with Gasteiger partial charge < -0.3 is 10.6 Å². The van der Waals surface area contributed by atoms with Crippen LogP contribution in [0.3, 0.4) is 0 Å². The largest absolute Gasteiger partial charge is 0.355 e. The summed E-state index contributed by atoms with van der Waals surface area (Å²) in [6.45, 7) is 9.67. The van der Waals surface area contributed by atoms with E-state index in [1.165, 1.54) is 0 Å². The SMILES string of the molecule is CCNC(=O)C(C)NCC(C)(C)SC. The van der Waals surface area contributed by atoms with E-state index in [1.807, 2.05) is 13.8 Å². The second kappa shape index (κ2) is 6.30. The van der Waals surface area contributed by atoms with Gasteiger partial charge in [-0.05, 0) is 34.0 Å². The summed E-state index contributed by atoms with van der Waals surface area (Å²) >= 11 is 1.80. The van der Waals surface area contributed by atoms with E-state index in [-0.39, 0.29) is 16.7 Å². The first-order valence-electron chi connectivity index (χ1n) is 4.99. The lowest BCUT2D eigenvalue weighted by atomic mass is 10.2. The van der Waals surface area contributed by atoms with Crippen LogP contribution in [-0.4, -0.2) is 36.0 Å². The molecule has 0 rings (SSSR count). The van der Waals surface area contributed by atoms with Crippen molar-refractivity contribution in [3.63, 3.8) is 0 Å². The summed E-state index contributed by atoms with van der Waals surface area (Å²) in [5.41, 5.74) is 0. The molecule has 0 saturated carbocycles. The van der Waals surface area contributed by atoms with Gasteiger partial charge in [0.25, 0.3) is 0 Å². The van der Waals surface area contributed by atoms with Gasteiger partial charge in [0.1, 0.15) is 0 Å². The van der Waals surface area contributed by atoms with Crippen molar-refractivity contribution in [1.29, 1.82) is 0 Å². The van der Waals surface area contributed by atoms with E-state index in [1.54, 1.807) is 11.8 Å². The summed E-state index contributed by atoms with van der Waals surface area (Å²) in [6, 6.07) is -0.110. The fourth-order valence-electron chi connectivity index (χ4n) is 0.891. The Hall–Kier alpha value is -0.220. The molecule has 1 atom stereocenters. The van der Waals surface area contributed by atoms with Gasteiger partial charge in [0.05, 0.1) is 6.04 Å². The molecule has 14 heavy (non-hydrogen) atoms. The minimum atomic E-state index is -0.110. The molecule has 0 aliphatic heterocycles. The molecule has 0 fully saturated rings. The molecular formula is C10H22N2OS. The molecule has 0 aliphatic rings. The molecule has 0 aromatic rings. The van der Waals surface area contributed by atoms with Crippen molar-refractivity contribution in [1.82, 2.24) is 10.6 Å². The first kappa shape index (κ1) is 13.8. The predicted octanol–water partition coefficient (Wildman–Crippen LogP) is 1.24. The van der Waals surface area contributed by atoms with E-state index < -0.39 is 0 Å². The van der Waals surface area contributed by atoms with Crippen molar-refractivity contribution >= 4 is 17.7 Å². The Balaban J connectivity index is 3.84. The molecule has 4 heteroatoms. The fraction of sp³-hybridized carbons (Fsp3) is 0.900. The van der Waals surface area contributed by atoms with Gasteiger partial charge in [0.2, 0.25) is 5.91 Å². The Bertz CT molecular complexity index is 183. The Morgan fingerprint density at radius 3 is 2.50 bits per heavy atom. The van der Waals surface area contributed by atoms with Crippen molar-refractivity contribution in [3.05, 3.63) is 0 Å². The normalized spacial score (nSPS) is 13.8. The van der Waals surface area contributed by atoms with Crippen molar-refractivity contribution in [2.45, 2.75) is 38.5 Å². The van der Waals surface area contributed by atoms with Crippen LogP contribution in [0.2, 0.25) is 0 Å². The maximum atomic E-state index is 11.4. The molecular weight excluding hydrogens is 196 g/mol. The Kier molecular flexibility index (Phi) is 6.20. The molecule has 0 aromatic carbocycles. The third-order valence-electron chi connectivity index (χ3n) is 2.13. The van der Waals surface area contributed by atoms with Gasteiger partial charge in [-0.15, -0.1) is 0 Å². The standard InChI is InChI=1S/C10H22N2OS/c1-6-11-9(13)8(2)12-7-10(3,4)14-5/h8,12H,6-7H2,1-5H3,(H,11,13). The summed E-state index contributed by atoms with van der Waals surface area (Å²) < 4.78 is 0.181. The highest BCUT2D eigenvalue weighted by molar-refractivity contribution is 7.99. The zero-order valence-electron chi connectivity index (χ0n) is 9.81. The maximum absolute atomic E-state index is 11.4. The Labute approximate surface area is 91.4 Å². The number of carbonyl (C=O) groups excluding carboxylic acids is 1. The lowest BCUT2D eigenvalue weighted by Crippen LogP contribution is -2.46. The lowest BCUT2D eigenvalue weighted by molar-refractivity contribution is -0.122. The smallest absolute Gasteiger partial charge is 0.236 e. The van der Waals surface area contributed by atoms with Crippen LogP contribution in [0.5, 0.6) is 0 Å². The minimum absolute atomic E-state index is 0.0735. The van der Waals surface area contributed by atoms with Gasteiger partial charge in [0.15, 0.2) is 0 Å². The van der Waals surface area contributed by atoms with Crippen LogP contribution in [0.15, 0.2) is 0 Å². The predicted molar refractivity (Wildman–Crippen MR) is 63.7 cm³/mol. The quantitative estimate of drug-likeness (QED) is 0.705. The van der Waals surface area contributed by atoms with E-state index in [4.69, 9.17) is 0 Å². The highest BCUT2D eigenvalue weighted by atomic mass is 32.2. The van der Waals surface area contributed by atoms with E-state index >= 15 is 0 Å². The molecule has 84 valence electrons. The lowest BCUT2D eigenvalue weighted by Gasteiger charge is -2.24. The van der Waals surface area contributed by atoms with E-state index in [0.717, 1.165) is 6.54 Å². The van der Waals surface area contributed by atoms with Crippen LogP contribution in [0, 0.1) is 0 Å². The average molecular weight is 218 g/mol. The topological polar surface area (TPSA) is 41.1 Å². The van der Waals surface area contributed by atoms with Gasteiger partial charge >= 0.3 is 0 Å². The van der Waals surface area contributed by atoms with Crippen LogP contribution in [0.4, 0.5) is 0 Å². The maximum Gasteiger partial charge on any atom is 0.236 e. The van der Waals surface area contributed by atoms with Gasteiger partial charge in [-0.25, -0.2) is 0 Å². The van der Waals surface area contributed by atoms with E-state index in [0.29, 0.717) is 6.54 Å². The van der Waals surface area contributed by atoms with Crippen molar-refractivity contribution < 1.29 is 4.79 Å². The monoisotopic (exact) mass is 218 g/mol. The number of hydrogen-bond acceptors (Lipinski definition) is 3. The van der Waals surface area contributed by atoms with Crippen molar-refractivity contribution in [2.75, 3.05) is 19.3 Å². The number of hydrogen-bond donors (Lipinski definition) is 2. The van der Waals surface area contributed by atoms with Crippen LogP contribution < -0.4 is 10.6 Å². The van der Waals surface area contributed by atoms with Crippen molar-refractivity contribution in [3.8, 4) is 0 Å². The molecule has 0 aromatic heterocycles. The number of nitrogens with one attached hydrogen (secondary N) is 2. The zero-order chi connectivity index (χ0) is 11.2. The highest BCUT2D eigenvalue weighted by Gasteiger charge is 2.18. The second-order valence-electron chi connectivity index (χ2n) is 3.96. The third-order valence-corrected chi connectivity index (χ3v) is 3.38. The van der Waals surface area contributed by atoms with Crippen LogP contribution in [0.25, 0.3) is 0 Å². The molecule has 0 bridgehead atoms. The summed E-state index contributed by atoms with van der Waals surface area (Å²) in [6.07, 6.45) is 2.08. The summed E-state index contributed by atoms with van der Waals surface area (Å²) in [5, 5.41) is 6.02. The highest BCUT2D eigenvalue weighted by Crippen LogP contribution is 2.19. The van der Waals surface area contributed by atoms with Crippen molar-refractivity contribution in [2.24, 2.45) is 0 Å². The Morgan fingerprint density at radius 1 is 1.50 bits per heavy atom. The third kappa shape index (κ3) is 5.50. The zero-order valence-corrected chi connectivity index (χ0v) is 10.6. The van der Waals surface area contributed by atoms with E-state index in [2.05, 4.69) is 30.7 Å². The molecule has 0 heterocycles. The second-order valence-corrected chi connectivity index (χ2v) is 5.47. The number of likely N-dealkylation sites (N-methyl/N-ethyl adjacent to an activating group) is 1. The van der Waals surface area contributed by atoms with E-state index in [9.17, 15) is 4.79 Å². The van der Waals surface area contributed by atoms with Gasteiger partial charge in [-0.3, -0.25) is 4.79 Å². The van der Waals surface area contributed by atoms with Crippen LogP contribution in [0.1, 0.15) is 27.7 Å². The number of thioether (sulfide) groups is 1. The summed E-state index contributed by atoms with van der Waals surface area (Å²) in [7, 11) is 0. The molecule has 0 radical (unpaired) electrons. The number of rotatable bonds is 6. The molecule has 1 amide bonds. The molecule has 1 unspecified atom stereocenters. The van der Waals surface area contributed by atoms with Crippen LogP contribution >= 0.6 is 11.8 Å². The van der Waals surface area contributed by atoms with Gasteiger partial charge in [0, 0.05) is 17.8 Å². The van der Waals surface area contributed by atoms with Gasteiger partial charge in [-0.2, -0.15) is 11.8 Å². The average Bonchev–Trinajstić information content (AvgIpc) is 2.15. The summed E-state index contributed by atoms with van der Waals surface area (Å²) in [5.74, 6) is 0.0735. The molecule has 3 nitrogen and oxygen atoms in total. The summed E-state index contributed by atoms with van der Waals surface area (Å²) in [4.78, 5) is 11.4. The molecule has 0 spiro atoms.